The van der Waals surface area contributed by atoms with Crippen molar-refractivity contribution in [3.63, 3.8) is 0 Å². The maximum atomic E-state index is 5.74. The molecule has 5 rings (SSSR count). The number of hydrogen-bond donors (Lipinski definition) is 3. The van der Waals surface area contributed by atoms with Crippen molar-refractivity contribution in [3.05, 3.63) is 79.6 Å². The minimum Gasteiger partial charge on any atom is -0.492 e. The van der Waals surface area contributed by atoms with Crippen LogP contribution in [0.4, 0.5) is 17.5 Å². The summed E-state index contributed by atoms with van der Waals surface area (Å²) in [5, 5.41) is 6.54. The maximum Gasteiger partial charge on any atom is 0.231 e. The van der Waals surface area contributed by atoms with Crippen LogP contribution >= 0.6 is 0 Å². The Balaban J connectivity index is 1.28. The van der Waals surface area contributed by atoms with Gasteiger partial charge in [0, 0.05) is 23.8 Å². The fourth-order valence-corrected chi connectivity index (χ4v) is 3.13. The van der Waals surface area contributed by atoms with Crippen LogP contribution < -0.4 is 15.4 Å². The van der Waals surface area contributed by atoms with Crippen molar-refractivity contribution in [2.75, 3.05) is 23.8 Å². The van der Waals surface area contributed by atoms with E-state index in [1.54, 1.807) is 18.9 Å². The number of imidazole rings is 2. The Labute approximate surface area is 178 Å². The zero-order chi connectivity index (χ0) is 20.9. The number of anilines is 3. The summed E-state index contributed by atoms with van der Waals surface area (Å²) in [6, 6.07) is 17.6. The third-order valence-electron chi connectivity index (χ3n) is 4.62. The summed E-state index contributed by atoms with van der Waals surface area (Å²) in [7, 11) is 0. The number of H-pyrrole nitrogens is 1. The van der Waals surface area contributed by atoms with E-state index in [-0.39, 0.29) is 0 Å². The van der Waals surface area contributed by atoms with E-state index in [2.05, 4.69) is 35.6 Å². The lowest BCUT2D eigenvalue weighted by Crippen LogP contribution is -2.13. The van der Waals surface area contributed by atoms with Crippen LogP contribution in [0, 0.1) is 0 Å². The average molecular weight is 412 g/mol. The van der Waals surface area contributed by atoms with Crippen molar-refractivity contribution in [2.45, 2.75) is 0 Å². The molecule has 0 radical (unpaired) electrons. The Hall–Kier alpha value is -4.40. The molecule has 0 spiro atoms. The van der Waals surface area contributed by atoms with Gasteiger partial charge in [0.25, 0.3) is 0 Å². The highest BCUT2D eigenvalue weighted by Gasteiger charge is 2.10. The van der Waals surface area contributed by atoms with Gasteiger partial charge in [-0.2, -0.15) is 9.97 Å². The molecule has 0 fully saturated rings. The van der Waals surface area contributed by atoms with Crippen LogP contribution in [0.1, 0.15) is 0 Å². The number of rotatable bonds is 8. The molecule has 9 heteroatoms. The van der Waals surface area contributed by atoms with E-state index in [9.17, 15) is 0 Å². The van der Waals surface area contributed by atoms with E-state index in [1.165, 1.54) is 0 Å². The lowest BCUT2D eigenvalue weighted by atomic mass is 10.3. The first-order valence-electron chi connectivity index (χ1n) is 9.83. The molecular weight excluding hydrogens is 392 g/mol. The highest BCUT2D eigenvalue weighted by Crippen LogP contribution is 2.22. The monoisotopic (exact) mass is 412 g/mol. The lowest BCUT2D eigenvalue weighted by molar-refractivity contribution is 0.333. The number of aromatic nitrogens is 6. The number of nitrogens with one attached hydrogen (secondary N) is 3. The predicted molar refractivity (Wildman–Crippen MR) is 119 cm³/mol. The molecule has 0 saturated heterocycles. The molecule has 0 bridgehead atoms. The normalized spacial score (nSPS) is 10.8. The minimum absolute atomic E-state index is 0.460. The van der Waals surface area contributed by atoms with Gasteiger partial charge in [0.2, 0.25) is 5.95 Å². The predicted octanol–water partition coefficient (Wildman–Crippen LogP) is 3.77. The van der Waals surface area contributed by atoms with Gasteiger partial charge in [-0.05, 0) is 36.4 Å². The molecule has 0 aliphatic carbocycles. The third-order valence-corrected chi connectivity index (χ3v) is 4.62. The number of para-hydroxylation sites is 1. The second kappa shape index (κ2) is 8.54. The molecule has 31 heavy (non-hydrogen) atoms. The fourth-order valence-electron chi connectivity index (χ4n) is 3.13. The molecule has 3 aromatic heterocycles. The van der Waals surface area contributed by atoms with Crippen molar-refractivity contribution in [3.8, 4) is 11.4 Å². The van der Waals surface area contributed by atoms with E-state index in [1.807, 2.05) is 65.4 Å². The number of nitrogens with zero attached hydrogens (tertiary/aromatic N) is 5. The second-order valence-corrected chi connectivity index (χ2v) is 6.73. The second-order valence-electron chi connectivity index (χ2n) is 6.73. The first-order chi connectivity index (χ1) is 15.3. The maximum absolute atomic E-state index is 5.74. The summed E-state index contributed by atoms with van der Waals surface area (Å²) in [6.45, 7) is 1.08. The van der Waals surface area contributed by atoms with Gasteiger partial charge in [-0.1, -0.05) is 18.2 Å². The van der Waals surface area contributed by atoms with Crippen LogP contribution in [0.25, 0.3) is 16.9 Å². The molecule has 0 amide bonds. The lowest BCUT2D eigenvalue weighted by Gasteiger charge is -2.11. The molecule has 0 aliphatic rings. The average Bonchev–Trinajstić information content (AvgIpc) is 3.50. The molecular formula is C22H20N8O. The van der Waals surface area contributed by atoms with Crippen LogP contribution in [0.15, 0.2) is 79.6 Å². The van der Waals surface area contributed by atoms with Crippen LogP contribution in [-0.4, -0.2) is 42.6 Å². The Bertz CT molecular complexity index is 1250. The standard InChI is InChI=1S/C22H20N8O/c1-2-4-18(5-3-1)31-13-11-24-20-19-21(26-14-25-19)29-22(28-20)27-16-6-8-17(9-7-16)30-12-10-23-15-30/h1-10,12,14-15H,11,13H2,(H3,24,25,26,27,28,29). The molecule has 3 N–H and O–H groups in total. The van der Waals surface area contributed by atoms with Gasteiger partial charge in [-0.25, -0.2) is 9.97 Å². The number of benzene rings is 2. The molecule has 0 unspecified atom stereocenters. The van der Waals surface area contributed by atoms with Gasteiger partial charge < -0.3 is 24.9 Å². The van der Waals surface area contributed by atoms with Gasteiger partial charge in [0.1, 0.15) is 17.9 Å². The Morgan fingerprint density at radius 1 is 1.00 bits per heavy atom. The minimum atomic E-state index is 0.460. The van der Waals surface area contributed by atoms with Crippen molar-refractivity contribution in [1.29, 1.82) is 0 Å². The van der Waals surface area contributed by atoms with Crippen molar-refractivity contribution < 1.29 is 4.74 Å². The van der Waals surface area contributed by atoms with Crippen molar-refractivity contribution in [2.24, 2.45) is 0 Å². The highest BCUT2D eigenvalue weighted by atomic mass is 16.5. The van der Waals surface area contributed by atoms with E-state index in [0.717, 1.165) is 22.6 Å². The number of fused-ring (bicyclic) bond motifs is 1. The molecule has 9 nitrogen and oxygen atoms in total. The third kappa shape index (κ3) is 4.30. The molecule has 154 valence electrons. The smallest absolute Gasteiger partial charge is 0.231 e. The Kier molecular flexibility index (Phi) is 5.13. The number of hydrogen-bond acceptors (Lipinski definition) is 7. The summed E-state index contributed by atoms with van der Waals surface area (Å²) in [6.07, 6.45) is 7.01. The first kappa shape index (κ1) is 18.6. The largest absolute Gasteiger partial charge is 0.492 e. The quantitative estimate of drug-likeness (QED) is 0.333. The summed E-state index contributed by atoms with van der Waals surface area (Å²) < 4.78 is 7.68. The zero-order valence-electron chi connectivity index (χ0n) is 16.6. The topological polar surface area (TPSA) is 106 Å². The van der Waals surface area contributed by atoms with Crippen LogP contribution in [0.3, 0.4) is 0 Å². The molecule has 0 atom stereocenters. The van der Waals surface area contributed by atoms with Gasteiger partial charge >= 0.3 is 0 Å². The molecule has 2 aromatic carbocycles. The van der Waals surface area contributed by atoms with Crippen LogP contribution in [0.2, 0.25) is 0 Å². The first-order valence-corrected chi connectivity index (χ1v) is 9.83. The molecule has 0 aliphatic heterocycles. The van der Waals surface area contributed by atoms with E-state index in [0.29, 0.717) is 30.6 Å². The number of aromatic amines is 1. The SMILES string of the molecule is c1ccc(OCCNc2nc(Nc3ccc(-n4ccnc4)cc3)nc3nc[nH]c23)cc1. The van der Waals surface area contributed by atoms with Crippen LogP contribution in [0.5, 0.6) is 5.75 Å². The summed E-state index contributed by atoms with van der Waals surface area (Å²) in [4.78, 5) is 20.5. The van der Waals surface area contributed by atoms with Crippen molar-refractivity contribution in [1.82, 2.24) is 29.5 Å². The van der Waals surface area contributed by atoms with Gasteiger partial charge in [-0.15, -0.1) is 0 Å². The highest BCUT2D eigenvalue weighted by molar-refractivity contribution is 5.84. The Morgan fingerprint density at radius 3 is 2.68 bits per heavy atom. The fraction of sp³-hybridized carbons (Fsp3) is 0.0909. The van der Waals surface area contributed by atoms with Gasteiger partial charge in [0.15, 0.2) is 11.5 Å². The molecule has 5 aromatic rings. The van der Waals surface area contributed by atoms with E-state index in [4.69, 9.17) is 4.74 Å². The molecule has 3 heterocycles. The van der Waals surface area contributed by atoms with Gasteiger partial charge in [0.05, 0.1) is 19.2 Å². The molecule has 0 saturated carbocycles. The zero-order valence-corrected chi connectivity index (χ0v) is 16.6. The van der Waals surface area contributed by atoms with Crippen molar-refractivity contribution >= 4 is 28.6 Å². The summed E-state index contributed by atoms with van der Waals surface area (Å²) >= 11 is 0. The van der Waals surface area contributed by atoms with Gasteiger partial charge in [-0.3, -0.25) is 0 Å². The van der Waals surface area contributed by atoms with E-state index < -0.39 is 0 Å². The summed E-state index contributed by atoms with van der Waals surface area (Å²) in [5.74, 6) is 1.96. The van der Waals surface area contributed by atoms with E-state index >= 15 is 0 Å². The Morgan fingerprint density at radius 2 is 1.87 bits per heavy atom. The number of ether oxygens (including phenoxy) is 1. The summed E-state index contributed by atoms with van der Waals surface area (Å²) in [5.41, 5.74) is 3.23. The van der Waals surface area contributed by atoms with Crippen LogP contribution in [-0.2, 0) is 0 Å².